The number of para-hydroxylation sites is 1. The maximum Gasteiger partial charge on any atom is 0.195 e. The number of fused-ring (bicyclic) bond motifs is 8. The van der Waals surface area contributed by atoms with Gasteiger partial charge in [0, 0.05) is 23.0 Å². The number of carbonyl (C=O) groups is 1. The first kappa shape index (κ1) is 14.3. The zero-order valence-electron chi connectivity index (χ0n) is 14.0. The second-order valence-electron chi connectivity index (χ2n) is 7.52. The molecule has 2 aliphatic heterocycles. The molecule has 6 nitrogen and oxygen atoms in total. The summed E-state index contributed by atoms with van der Waals surface area (Å²) >= 11 is 0. The van der Waals surface area contributed by atoms with Crippen molar-refractivity contribution < 1.29 is 4.79 Å². The van der Waals surface area contributed by atoms with Gasteiger partial charge in [-0.25, -0.2) is 5.01 Å². The molecule has 0 spiro atoms. The number of ketones is 1. The number of hydrogen-bond donors (Lipinski definition) is 0. The SMILES string of the molecule is O=C(c1ccccc1)c1ccccc1N1N=N[C@H]2[C@H]3C[C@H]([C@@H]4N=N[C@H]34)[C@H]21. The molecule has 2 aromatic carbocycles. The lowest BCUT2D eigenvalue weighted by Crippen LogP contribution is -2.52. The molecular formula is C20H17N5O. The highest BCUT2D eigenvalue weighted by Gasteiger charge is 2.65. The van der Waals surface area contributed by atoms with E-state index in [4.69, 9.17) is 0 Å². The van der Waals surface area contributed by atoms with Gasteiger partial charge in [0.05, 0.1) is 11.7 Å². The average Bonchev–Trinajstić information content (AvgIpc) is 3.30. The zero-order chi connectivity index (χ0) is 17.3. The van der Waals surface area contributed by atoms with Crippen LogP contribution in [0, 0.1) is 11.8 Å². The van der Waals surface area contributed by atoms with Crippen LogP contribution in [0.4, 0.5) is 5.69 Å². The van der Waals surface area contributed by atoms with Crippen molar-refractivity contribution in [3.8, 4) is 0 Å². The molecule has 2 bridgehead atoms. The molecular weight excluding hydrogens is 326 g/mol. The van der Waals surface area contributed by atoms with Crippen LogP contribution < -0.4 is 5.01 Å². The van der Waals surface area contributed by atoms with E-state index in [-0.39, 0.29) is 17.9 Å². The molecule has 0 saturated heterocycles. The van der Waals surface area contributed by atoms with Gasteiger partial charge in [-0.2, -0.15) is 15.3 Å². The highest BCUT2D eigenvalue weighted by atomic mass is 16.1. The lowest BCUT2D eigenvalue weighted by atomic mass is 9.82. The number of benzene rings is 2. The molecule has 0 N–H and O–H groups in total. The van der Waals surface area contributed by atoms with Crippen molar-refractivity contribution in [3.63, 3.8) is 0 Å². The number of anilines is 1. The Morgan fingerprint density at radius 1 is 0.846 bits per heavy atom. The largest absolute Gasteiger partial charge is 0.289 e. The van der Waals surface area contributed by atoms with Gasteiger partial charge in [0.2, 0.25) is 0 Å². The highest BCUT2D eigenvalue weighted by Crippen LogP contribution is 2.56. The maximum atomic E-state index is 13.1. The third kappa shape index (κ3) is 1.74. The molecule has 2 aromatic rings. The van der Waals surface area contributed by atoms with Crippen LogP contribution in [0.3, 0.4) is 0 Å². The fraction of sp³-hybridized carbons (Fsp3) is 0.350. The topological polar surface area (TPSA) is 69.8 Å². The quantitative estimate of drug-likeness (QED) is 0.797. The molecule has 4 aliphatic rings. The number of hydrogen-bond acceptors (Lipinski definition) is 6. The molecule has 2 heterocycles. The molecule has 2 aliphatic carbocycles. The van der Waals surface area contributed by atoms with Crippen LogP contribution in [0.5, 0.6) is 0 Å². The summed E-state index contributed by atoms with van der Waals surface area (Å²) in [7, 11) is 0. The standard InChI is InChI=1S/C20H17N5O/c26-20(11-6-2-1-3-7-11)12-8-4-5-9-15(12)25-19-14-10-13(18(19)23-24-25)16-17(14)22-21-16/h1-9,13-14,16-19H,10H2/t13-,14+,16+,17-,18-,19+/m0/s1. The van der Waals surface area contributed by atoms with Crippen molar-refractivity contribution in [2.24, 2.45) is 32.4 Å². The van der Waals surface area contributed by atoms with Crippen molar-refractivity contribution in [1.29, 1.82) is 0 Å². The molecule has 2 saturated carbocycles. The second-order valence-corrected chi connectivity index (χ2v) is 7.52. The van der Waals surface area contributed by atoms with Gasteiger partial charge in [0.15, 0.2) is 5.78 Å². The molecule has 0 amide bonds. The average molecular weight is 343 g/mol. The third-order valence-corrected chi connectivity index (χ3v) is 6.33. The molecule has 0 unspecified atom stereocenters. The van der Waals surface area contributed by atoms with E-state index in [9.17, 15) is 4.79 Å². The third-order valence-electron chi connectivity index (χ3n) is 6.33. The minimum atomic E-state index is 0.0178. The summed E-state index contributed by atoms with van der Waals surface area (Å²) in [6.07, 6.45) is 1.11. The molecule has 2 fully saturated rings. The number of rotatable bonds is 3. The molecule has 6 rings (SSSR count). The second kappa shape index (κ2) is 5.06. The van der Waals surface area contributed by atoms with E-state index in [2.05, 4.69) is 20.6 Å². The van der Waals surface area contributed by atoms with Crippen molar-refractivity contribution >= 4 is 11.5 Å². The maximum absolute atomic E-state index is 13.1. The number of azo groups is 1. The predicted molar refractivity (Wildman–Crippen MR) is 95.3 cm³/mol. The smallest absolute Gasteiger partial charge is 0.195 e. The minimum absolute atomic E-state index is 0.0178. The first-order chi connectivity index (χ1) is 12.8. The van der Waals surface area contributed by atoms with E-state index < -0.39 is 0 Å². The van der Waals surface area contributed by atoms with E-state index in [1.54, 1.807) is 0 Å². The fourth-order valence-corrected chi connectivity index (χ4v) is 5.16. The first-order valence-corrected chi connectivity index (χ1v) is 9.12. The summed E-state index contributed by atoms with van der Waals surface area (Å²) in [6.45, 7) is 0. The van der Waals surface area contributed by atoms with E-state index in [0.717, 1.165) is 12.1 Å². The van der Waals surface area contributed by atoms with Gasteiger partial charge in [-0.05, 0) is 18.6 Å². The van der Waals surface area contributed by atoms with Gasteiger partial charge in [0.1, 0.15) is 18.1 Å². The van der Waals surface area contributed by atoms with Gasteiger partial charge in [-0.15, -0.1) is 0 Å². The molecule has 0 radical (unpaired) electrons. The zero-order valence-corrected chi connectivity index (χ0v) is 14.0. The van der Waals surface area contributed by atoms with E-state index in [0.29, 0.717) is 35.0 Å². The molecule has 128 valence electrons. The monoisotopic (exact) mass is 343 g/mol. The Hall–Kier alpha value is -2.89. The van der Waals surface area contributed by atoms with Gasteiger partial charge >= 0.3 is 0 Å². The van der Waals surface area contributed by atoms with Crippen molar-refractivity contribution in [2.75, 3.05) is 5.01 Å². The Labute approximate surface area is 150 Å². The summed E-state index contributed by atoms with van der Waals surface area (Å²) in [6, 6.07) is 18.2. The van der Waals surface area contributed by atoms with Crippen LogP contribution >= 0.6 is 0 Å². The Balaban J connectivity index is 1.39. The summed E-state index contributed by atoms with van der Waals surface area (Å²) in [5.74, 6) is 0.907. The van der Waals surface area contributed by atoms with E-state index >= 15 is 0 Å². The predicted octanol–water partition coefficient (Wildman–Crippen LogP) is 3.69. The summed E-state index contributed by atoms with van der Waals surface area (Å²) in [5, 5.41) is 19.7. The van der Waals surface area contributed by atoms with Crippen LogP contribution in [0.2, 0.25) is 0 Å². The van der Waals surface area contributed by atoms with E-state index in [1.165, 1.54) is 0 Å². The lowest BCUT2D eigenvalue weighted by molar-refractivity contribution is 0.103. The molecule has 6 heteroatoms. The summed E-state index contributed by atoms with van der Waals surface area (Å²) in [4.78, 5) is 13.1. The number of nitrogens with zero attached hydrogens (tertiary/aromatic N) is 5. The lowest BCUT2D eigenvalue weighted by Gasteiger charge is -2.38. The van der Waals surface area contributed by atoms with Gasteiger partial charge in [-0.3, -0.25) is 4.79 Å². The van der Waals surface area contributed by atoms with Gasteiger partial charge in [0.25, 0.3) is 0 Å². The highest BCUT2D eigenvalue weighted by molar-refractivity contribution is 6.12. The Morgan fingerprint density at radius 2 is 1.58 bits per heavy atom. The summed E-state index contributed by atoms with van der Waals surface area (Å²) < 4.78 is 0. The van der Waals surface area contributed by atoms with Crippen LogP contribution in [-0.2, 0) is 0 Å². The van der Waals surface area contributed by atoms with Crippen LogP contribution in [0.25, 0.3) is 0 Å². The Kier molecular flexibility index (Phi) is 2.78. The van der Waals surface area contributed by atoms with Gasteiger partial charge < -0.3 is 0 Å². The van der Waals surface area contributed by atoms with Crippen LogP contribution in [0.1, 0.15) is 22.3 Å². The van der Waals surface area contributed by atoms with E-state index in [1.807, 2.05) is 59.6 Å². The normalized spacial score (nSPS) is 35.3. The van der Waals surface area contributed by atoms with Crippen molar-refractivity contribution in [1.82, 2.24) is 0 Å². The summed E-state index contributed by atoms with van der Waals surface area (Å²) in [5.41, 5.74) is 2.21. The van der Waals surface area contributed by atoms with Crippen LogP contribution in [0.15, 0.2) is 75.2 Å². The minimum Gasteiger partial charge on any atom is -0.289 e. The van der Waals surface area contributed by atoms with Crippen LogP contribution in [-0.4, -0.2) is 30.0 Å². The Bertz CT molecular complexity index is 956. The van der Waals surface area contributed by atoms with Crippen molar-refractivity contribution in [3.05, 3.63) is 65.7 Å². The van der Waals surface area contributed by atoms with Gasteiger partial charge in [-0.1, -0.05) is 47.7 Å². The first-order valence-electron chi connectivity index (χ1n) is 9.12. The molecule has 26 heavy (non-hydrogen) atoms. The molecule has 0 aromatic heterocycles. The molecule has 6 atom stereocenters. The van der Waals surface area contributed by atoms with Crippen molar-refractivity contribution in [2.45, 2.75) is 30.6 Å². The number of carbonyl (C=O) groups excluding carboxylic acids is 1. The fourth-order valence-electron chi connectivity index (χ4n) is 5.16. The Morgan fingerprint density at radius 3 is 2.38 bits per heavy atom.